The van der Waals surface area contributed by atoms with Crippen LogP contribution in [0.1, 0.15) is 36.2 Å². The number of anilines is 1. The van der Waals surface area contributed by atoms with Gasteiger partial charge in [-0.15, -0.1) is 11.3 Å². The standard InChI is InChI=1S/C26H23BrN2O4S/c1-3-13-33-22-8-6-5-7-18(22)14-19(15-28)24(30)29-25-23(26(31)32-4-2)21(16-34-25)17-9-11-20(27)12-10-17/h5-12,14,16H,3-4,13H2,1-2H3,(H,29,30). The van der Waals surface area contributed by atoms with Crippen LogP contribution in [-0.2, 0) is 9.53 Å². The lowest BCUT2D eigenvalue weighted by Crippen LogP contribution is -2.16. The minimum atomic E-state index is -0.623. The molecule has 174 valence electrons. The van der Waals surface area contributed by atoms with Crippen molar-refractivity contribution < 1.29 is 19.1 Å². The number of nitriles is 1. The number of hydrogen-bond donors (Lipinski definition) is 1. The van der Waals surface area contributed by atoms with Crippen molar-refractivity contribution in [2.75, 3.05) is 18.5 Å². The molecule has 3 rings (SSSR count). The molecule has 0 atom stereocenters. The highest BCUT2D eigenvalue weighted by Crippen LogP contribution is 2.37. The summed E-state index contributed by atoms with van der Waals surface area (Å²) in [6.45, 7) is 4.43. The highest BCUT2D eigenvalue weighted by Gasteiger charge is 2.24. The molecule has 3 aromatic rings. The Morgan fingerprint density at radius 2 is 1.88 bits per heavy atom. The molecule has 1 N–H and O–H groups in total. The van der Waals surface area contributed by atoms with E-state index in [0.29, 0.717) is 28.5 Å². The van der Waals surface area contributed by atoms with Gasteiger partial charge in [0.2, 0.25) is 0 Å². The minimum absolute atomic E-state index is 0.110. The fourth-order valence-corrected chi connectivity index (χ4v) is 4.33. The number of nitrogens with zero attached hydrogens (tertiary/aromatic N) is 1. The summed E-state index contributed by atoms with van der Waals surface area (Å²) in [6, 6.07) is 16.6. The summed E-state index contributed by atoms with van der Waals surface area (Å²) in [5.41, 5.74) is 2.22. The molecule has 1 aromatic heterocycles. The van der Waals surface area contributed by atoms with Crippen LogP contribution in [0, 0.1) is 11.3 Å². The number of carbonyl (C=O) groups excluding carboxylic acids is 2. The van der Waals surface area contributed by atoms with Gasteiger partial charge in [0.25, 0.3) is 5.91 Å². The summed E-state index contributed by atoms with van der Waals surface area (Å²) in [5.74, 6) is -0.578. The van der Waals surface area contributed by atoms with Crippen LogP contribution in [0.5, 0.6) is 5.75 Å². The van der Waals surface area contributed by atoms with Crippen molar-refractivity contribution in [3.05, 3.63) is 75.1 Å². The van der Waals surface area contributed by atoms with E-state index in [1.165, 1.54) is 17.4 Å². The molecule has 6 nitrogen and oxygen atoms in total. The lowest BCUT2D eigenvalue weighted by atomic mass is 10.0. The maximum absolute atomic E-state index is 13.0. The van der Waals surface area contributed by atoms with Gasteiger partial charge >= 0.3 is 5.97 Å². The number of carbonyl (C=O) groups is 2. The van der Waals surface area contributed by atoms with Crippen LogP contribution in [0.2, 0.25) is 0 Å². The Morgan fingerprint density at radius 3 is 2.56 bits per heavy atom. The van der Waals surface area contributed by atoms with Crippen molar-refractivity contribution >= 4 is 50.2 Å². The molecule has 0 unspecified atom stereocenters. The number of benzene rings is 2. The summed E-state index contributed by atoms with van der Waals surface area (Å²) in [7, 11) is 0. The van der Waals surface area contributed by atoms with Crippen LogP contribution in [0.15, 0.2) is 64.0 Å². The van der Waals surface area contributed by atoms with E-state index in [-0.39, 0.29) is 17.7 Å². The molecule has 1 heterocycles. The molecule has 2 aromatic carbocycles. The van der Waals surface area contributed by atoms with Gasteiger partial charge in [0.15, 0.2) is 0 Å². The van der Waals surface area contributed by atoms with Gasteiger partial charge in [-0.3, -0.25) is 4.79 Å². The Hall–Kier alpha value is -3.41. The average Bonchev–Trinajstić information content (AvgIpc) is 3.25. The zero-order chi connectivity index (χ0) is 24.5. The van der Waals surface area contributed by atoms with Crippen LogP contribution in [-0.4, -0.2) is 25.1 Å². The third kappa shape index (κ3) is 6.13. The van der Waals surface area contributed by atoms with Gasteiger partial charge in [0.05, 0.1) is 13.2 Å². The van der Waals surface area contributed by atoms with Gasteiger partial charge in [-0.1, -0.05) is 53.2 Å². The van der Waals surface area contributed by atoms with Crippen molar-refractivity contribution in [2.45, 2.75) is 20.3 Å². The monoisotopic (exact) mass is 538 g/mol. The maximum atomic E-state index is 13.0. The van der Waals surface area contributed by atoms with Gasteiger partial charge < -0.3 is 14.8 Å². The SMILES string of the molecule is CCCOc1ccccc1C=C(C#N)C(=O)Nc1scc(-c2ccc(Br)cc2)c1C(=O)OCC. The molecule has 0 aliphatic rings. The zero-order valence-electron chi connectivity index (χ0n) is 18.8. The van der Waals surface area contributed by atoms with E-state index >= 15 is 0 Å². The normalized spacial score (nSPS) is 10.9. The largest absolute Gasteiger partial charge is 0.493 e. The average molecular weight is 539 g/mol. The summed E-state index contributed by atoms with van der Waals surface area (Å²) in [6.07, 6.45) is 2.31. The smallest absolute Gasteiger partial charge is 0.341 e. The minimum Gasteiger partial charge on any atom is -0.493 e. The summed E-state index contributed by atoms with van der Waals surface area (Å²) < 4.78 is 11.9. The fraction of sp³-hybridized carbons (Fsp3) is 0.192. The lowest BCUT2D eigenvalue weighted by molar-refractivity contribution is -0.112. The number of thiophene rings is 1. The first-order valence-corrected chi connectivity index (χ1v) is 12.3. The molecule has 1 amide bonds. The molecule has 0 bridgehead atoms. The van der Waals surface area contributed by atoms with Crippen LogP contribution in [0.4, 0.5) is 5.00 Å². The number of rotatable bonds is 9. The first kappa shape index (κ1) is 25.2. The number of esters is 1. The van der Waals surface area contributed by atoms with Crippen molar-refractivity contribution in [3.8, 4) is 22.9 Å². The zero-order valence-corrected chi connectivity index (χ0v) is 21.2. The van der Waals surface area contributed by atoms with Crippen LogP contribution in [0.3, 0.4) is 0 Å². The van der Waals surface area contributed by atoms with E-state index in [0.717, 1.165) is 16.5 Å². The third-order valence-corrected chi connectivity index (χ3v) is 6.12. The second-order valence-electron chi connectivity index (χ2n) is 7.09. The topological polar surface area (TPSA) is 88.4 Å². The predicted octanol–water partition coefficient (Wildman–Crippen LogP) is 6.69. The van der Waals surface area contributed by atoms with Crippen molar-refractivity contribution in [2.24, 2.45) is 0 Å². The number of ether oxygens (including phenoxy) is 2. The number of para-hydroxylation sites is 1. The van der Waals surface area contributed by atoms with Crippen LogP contribution in [0.25, 0.3) is 17.2 Å². The number of halogens is 1. The van der Waals surface area contributed by atoms with Gasteiger partial charge in [-0.2, -0.15) is 5.26 Å². The highest BCUT2D eigenvalue weighted by molar-refractivity contribution is 9.10. The maximum Gasteiger partial charge on any atom is 0.341 e. The van der Waals surface area contributed by atoms with Crippen molar-refractivity contribution in [1.29, 1.82) is 5.26 Å². The van der Waals surface area contributed by atoms with Crippen molar-refractivity contribution in [3.63, 3.8) is 0 Å². The Morgan fingerprint density at radius 1 is 1.15 bits per heavy atom. The molecule has 0 saturated carbocycles. The molecule has 0 fully saturated rings. The second-order valence-corrected chi connectivity index (χ2v) is 8.89. The lowest BCUT2D eigenvalue weighted by Gasteiger charge is -2.10. The highest BCUT2D eigenvalue weighted by atomic mass is 79.9. The first-order valence-electron chi connectivity index (χ1n) is 10.7. The Kier molecular flexibility index (Phi) is 9.02. The van der Waals surface area contributed by atoms with Crippen molar-refractivity contribution in [1.82, 2.24) is 0 Å². The van der Waals surface area contributed by atoms with E-state index in [2.05, 4.69) is 21.2 Å². The molecule has 8 heteroatoms. The summed E-state index contributed by atoms with van der Waals surface area (Å²) in [4.78, 5) is 25.8. The number of amides is 1. The molecule has 0 aliphatic carbocycles. The molecular weight excluding hydrogens is 516 g/mol. The molecule has 0 spiro atoms. The van der Waals surface area contributed by atoms with Gasteiger partial charge in [-0.25, -0.2) is 4.79 Å². The van der Waals surface area contributed by atoms with Gasteiger partial charge in [0.1, 0.15) is 28.0 Å². The van der Waals surface area contributed by atoms with Crippen LogP contribution < -0.4 is 10.1 Å². The summed E-state index contributed by atoms with van der Waals surface area (Å²) in [5, 5.41) is 14.5. The summed E-state index contributed by atoms with van der Waals surface area (Å²) >= 11 is 4.61. The first-order chi connectivity index (χ1) is 16.5. The van der Waals surface area contributed by atoms with E-state index in [1.54, 1.807) is 30.5 Å². The number of hydrogen-bond acceptors (Lipinski definition) is 6. The van der Waals surface area contributed by atoms with E-state index in [4.69, 9.17) is 9.47 Å². The second kappa shape index (κ2) is 12.2. The van der Waals surface area contributed by atoms with E-state index in [9.17, 15) is 14.9 Å². The molecule has 34 heavy (non-hydrogen) atoms. The quantitative estimate of drug-likeness (QED) is 0.186. The Labute approximate surface area is 211 Å². The third-order valence-electron chi connectivity index (χ3n) is 4.70. The van der Waals surface area contributed by atoms with Crippen LogP contribution >= 0.6 is 27.3 Å². The molecule has 0 radical (unpaired) electrons. The van der Waals surface area contributed by atoms with E-state index < -0.39 is 11.9 Å². The van der Waals surface area contributed by atoms with Gasteiger partial charge in [-0.05, 0) is 43.2 Å². The van der Waals surface area contributed by atoms with E-state index in [1.807, 2.05) is 43.3 Å². The Balaban J connectivity index is 1.94. The fourth-order valence-electron chi connectivity index (χ4n) is 3.12. The number of nitrogens with one attached hydrogen (secondary N) is 1. The Bertz CT molecular complexity index is 1240. The van der Waals surface area contributed by atoms with Gasteiger partial charge in [0, 0.05) is 21.0 Å². The predicted molar refractivity (Wildman–Crippen MR) is 138 cm³/mol. The molecule has 0 aliphatic heterocycles. The molecule has 0 saturated heterocycles. The molecular formula is C26H23BrN2O4S.